The average molecular weight is 318 g/mol. The minimum absolute atomic E-state index is 0.299. The molecule has 0 bridgehead atoms. The zero-order valence-corrected chi connectivity index (χ0v) is 13.7. The predicted octanol–water partition coefficient (Wildman–Crippen LogP) is 3.12. The summed E-state index contributed by atoms with van der Waals surface area (Å²) in [6, 6.07) is 15.7. The summed E-state index contributed by atoms with van der Waals surface area (Å²) in [7, 11) is 3.91. The van der Waals surface area contributed by atoms with Crippen molar-refractivity contribution in [2.75, 3.05) is 25.3 Å². The Balaban J connectivity index is 0.000000541. The average Bonchev–Trinajstić information content (AvgIpc) is 2.46. The quantitative estimate of drug-likeness (QED) is 0.697. The van der Waals surface area contributed by atoms with Gasteiger partial charge in [0.2, 0.25) is 0 Å². The number of aromatic hydroxyl groups is 1. The van der Waals surface area contributed by atoms with Gasteiger partial charge in [-0.3, -0.25) is 4.21 Å². The van der Waals surface area contributed by atoms with E-state index in [1.165, 1.54) is 0 Å². The summed E-state index contributed by atoms with van der Waals surface area (Å²) < 4.78 is 18.0. The van der Waals surface area contributed by atoms with E-state index in [2.05, 4.69) is 0 Å². The van der Waals surface area contributed by atoms with Crippen LogP contribution in [0.5, 0.6) is 5.75 Å². The number of rotatable bonds is 3. The van der Waals surface area contributed by atoms with Crippen molar-refractivity contribution < 1.29 is 13.9 Å². The molecule has 0 aliphatic heterocycles. The standard InChI is InChI=1S/C16H17NO.CH4O2S/c1-17(2)15-11-10-14(16(18)12-15)9-8-13-6-4-3-5-7-13;1-4(2)3/h3-12,18H,1-2H3;1H3,(H,2,3)/p-1/b9-8+;. The molecular formula is C17H20NO3S-. The van der Waals surface area contributed by atoms with Crippen molar-refractivity contribution in [2.45, 2.75) is 0 Å². The van der Waals surface area contributed by atoms with Crippen LogP contribution in [0.25, 0.3) is 12.2 Å². The largest absolute Gasteiger partial charge is 0.773 e. The second kappa shape index (κ2) is 9.02. The van der Waals surface area contributed by atoms with Crippen molar-refractivity contribution in [3.8, 4) is 5.75 Å². The molecule has 1 atom stereocenters. The van der Waals surface area contributed by atoms with E-state index in [-0.39, 0.29) is 0 Å². The summed E-state index contributed by atoms with van der Waals surface area (Å²) in [5.74, 6) is 0.299. The SMILES string of the molecule is CN(C)c1ccc(/C=C/c2ccccc2)c(O)c1.CS(=O)[O-]. The third-order valence-corrected chi connectivity index (χ3v) is 2.79. The van der Waals surface area contributed by atoms with E-state index < -0.39 is 11.1 Å². The molecule has 0 aliphatic rings. The van der Waals surface area contributed by atoms with Crippen molar-refractivity contribution in [1.29, 1.82) is 0 Å². The first kappa shape index (κ1) is 17.9. The second-order valence-corrected chi connectivity index (χ2v) is 5.59. The lowest BCUT2D eigenvalue weighted by Gasteiger charge is -2.13. The van der Waals surface area contributed by atoms with Gasteiger partial charge in [-0.05, 0) is 24.0 Å². The van der Waals surface area contributed by atoms with Gasteiger partial charge in [-0.2, -0.15) is 0 Å². The normalized spacial score (nSPS) is 11.6. The number of phenolic OH excluding ortho intramolecular Hbond substituents is 1. The molecule has 0 fully saturated rings. The lowest BCUT2D eigenvalue weighted by molar-refractivity contribution is 0.474. The Bertz CT molecular complexity index is 636. The van der Waals surface area contributed by atoms with Crippen LogP contribution in [0.2, 0.25) is 0 Å². The fourth-order valence-corrected chi connectivity index (χ4v) is 1.70. The molecule has 2 aromatic rings. The molecule has 0 heterocycles. The van der Waals surface area contributed by atoms with E-state index in [0.717, 1.165) is 23.1 Å². The summed E-state index contributed by atoms with van der Waals surface area (Å²) in [5, 5.41) is 9.94. The maximum absolute atomic E-state index is 9.94. The van der Waals surface area contributed by atoms with Gasteiger partial charge in [0, 0.05) is 31.4 Å². The molecule has 0 radical (unpaired) electrons. The molecule has 1 N–H and O–H groups in total. The number of anilines is 1. The summed E-state index contributed by atoms with van der Waals surface area (Å²) in [6.45, 7) is 0. The van der Waals surface area contributed by atoms with Crippen molar-refractivity contribution in [1.82, 2.24) is 0 Å². The lowest BCUT2D eigenvalue weighted by Crippen LogP contribution is -2.08. The molecule has 0 aromatic heterocycles. The zero-order valence-electron chi connectivity index (χ0n) is 12.9. The first-order chi connectivity index (χ1) is 10.4. The molecule has 118 valence electrons. The second-order valence-electron chi connectivity index (χ2n) is 4.78. The number of phenols is 1. The molecule has 2 rings (SSSR count). The minimum atomic E-state index is -1.86. The summed E-state index contributed by atoms with van der Waals surface area (Å²) in [5.41, 5.74) is 2.93. The van der Waals surface area contributed by atoms with E-state index in [4.69, 9.17) is 8.76 Å². The number of nitrogens with zero attached hydrogens (tertiary/aromatic N) is 1. The number of benzene rings is 2. The highest BCUT2D eigenvalue weighted by Crippen LogP contribution is 2.25. The highest BCUT2D eigenvalue weighted by atomic mass is 32.2. The van der Waals surface area contributed by atoms with Gasteiger partial charge < -0.3 is 14.6 Å². The van der Waals surface area contributed by atoms with Crippen LogP contribution in [0.1, 0.15) is 11.1 Å². The van der Waals surface area contributed by atoms with E-state index in [9.17, 15) is 5.11 Å². The van der Waals surface area contributed by atoms with Gasteiger partial charge in [-0.15, -0.1) is 0 Å². The van der Waals surface area contributed by atoms with Crippen molar-refractivity contribution in [2.24, 2.45) is 0 Å². The van der Waals surface area contributed by atoms with Crippen molar-refractivity contribution >= 4 is 28.9 Å². The fourth-order valence-electron chi connectivity index (χ4n) is 1.70. The monoisotopic (exact) mass is 318 g/mol. The molecule has 2 aromatic carbocycles. The van der Waals surface area contributed by atoms with Crippen molar-refractivity contribution in [3.63, 3.8) is 0 Å². The molecule has 0 saturated carbocycles. The summed E-state index contributed by atoms with van der Waals surface area (Å²) in [6.07, 6.45) is 4.99. The van der Waals surface area contributed by atoms with Crippen LogP contribution in [0.3, 0.4) is 0 Å². The van der Waals surface area contributed by atoms with Crippen LogP contribution in [0, 0.1) is 0 Å². The van der Waals surface area contributed by atoms with Crippen LogP contribution < -0.4 is 4.90 Å². The maximum Gasteiger partial charge on any atom is 0.124 e. The smallest absolute Gasteiger partial charge is 0.124 e. The Morgan fingerprint density at radius 2 is 1.68 bits per heavy atom. The summed E-state index contributed by atoms with van der Waals surface area (Å²) in [4.78, 5) is 1.96. The van der Waals surface area contributed by atoms with Gasteiger partial charge in [0.05, 0.1) is 0 Å². The summed E-state index contributed by atoms with van der Waals surface area (Å²) >= 11 is -1.86. The zero-order chi connectivity index (χ0) is 16.5. The van der Waals surface area contributed by atoms with Crippen LogP contribution >= 0.6 is 0 Å². The molecular weight excluding hydrogens is 298 g/mol. The Morgan fingerprint density at radius 1 is 1.09 bits per heavy atom. The van der Waals surface area contributed by atoms with Crippen LogP contribution in [-0.2, 0) is 11.1 Å². The van der Waals surface area contributed by atoms with E-state index >= 15 is 0 Å². The molecule has 5 heteroatoms. The van der Waals surface area contributed by atoms with Crippen molar-refractivity contribution in [3.05, 3.63) is 59.7 Å². The Hall–Kier alpha value is -2.11. The Labute approximate surface area is 134 Å². The maximum atomic E-state index is 9.94. The number of hydrogen-bond acceptors (Lipinski definition) is 4. The van der Waals surface area contributed by atoms with Crippen LogP contribution in [0.4, 0.5) is 5.69 Å². The molecule has 0 aliphatic carbocycles. The van der Waals surface area contributed by atoms with E-state index in [1.54, 1.807) is 6.07 Å². The van der Waals surface area contributed by atoms with Crippen LogP contribution in [-0.4, -0.2) is 34.2 Å². The molecule has 22 heavy (non-hydrogen) atoms. The molecule has 0 saturated heterocycles. The van der Waals surface area contributed by atoms with Gasteiger partial charge >= 0.3 is 0 Å². The van der Waals surface area contributed by atoms with Gasteiger partial charge in [0.25, 0.3) is 0 Å². The third-order valence-electron chi connectivity index (χ3n) is 2.79. The first-order valence-electron chi connectivity index (χ1n) is 6.64. The topological polar surface area (TPSA) is 63.6 Å². The third kappa shape index (κ3) is 6.56. The lowest BCUT2D eigenvalue weighted by atomic mass is 10.1. The van der Waals surface area contributed by atoms with Gasteiger partial charge in [0.15, 0.2) is 0 Å². The Morgan fingerprint density at radius 3 is 2.18 bits per heavy atom. The fraction of sp³-hybridized carbons (Fsp3) is 0.176. The highest BCUT2D eigenvalue weighted by molar-refractivity contribution is 7.78. The van der Waals surface area contributed by atoms with Gasteiger partial charge in [-0.25, -0.2) is 0 Å². The highest BCUT2D eigenvalue weighted by Gasteiger charge is 2.01. The number of hydrogen-bond donors (Lipinski definition) is 1. The first-order valence-corrected chi connectivity index (χ1v) is 8.13. The van der Waals surface area contributed by atoms with E-state index in [0.29, 0.717) is 5.75 Å². The van der Waals surface area contributed by atoms with Gasteiger partial charge in [0.1, 0.15) is 5.75 Å². The molecule has 4 nitrogen and oxygen atoms in total. The molecule has 0 amide bonds. The van der Waals surface area contributed by atoms with Gasteiger partial charge in [-0.1, -0.05) is 53.6 Å². The molecule has 1 unspecified atom stereocenters. The molecule has 0 spiro atoms. The van der Waals surface area contributed by atoms with E-state index in [1.807, 2.05) is 73.6 Å². The minimum Gasteiger partial charge on any atom is -0.773 e. The van der Waals surface area contributed by atoms with Crippen LogP contribution in [0.15, 0.2) is 48.5 Å². The Kier molecular flexibility index (Phi) is 7.36. The predicted molar refractivity (Wildman–Crippen MR) is 92.6 cm³/mol.